The highest BCUT2D eigenvalue weighted by Crippen LogP contribution is 2.28. The molecule has 4 rings (SSSR count). The van der Waals surface area contributed by atoms with Crippen LogP contribution in [0.4, 0.5) is 0 Å². The molecule has 0 unspecified atom stereocenters. The van der Waals surface area contributed by atoms with Crippen LogP contribution in [-0.4, -0.2) is 21.2 Å². The zero-order valence-electron chi connectivity index (χ0n) is 13.8. The van der Waals surface area contributed by atoms with Crippen molar-refractivity contribution in [3.8, 4) is 11.6 Å². The Bertz CT molecular complexity index is 1100. The second-order valence-electron chi connectivity index (χ2n) is 6.26. The van der Waals surface area contributed by atoms with Gasteiger partial charge in [-0.15, -0.1) is 0 Å². The monoisotopic (exact) mass is 370 g/mol. The van der Waals surface area contributed by atoms with Crippen molar-refractivity contribution in [3.05, 3.63) is 91.1 Å². The number of nitrogens with two attached hydrogens (primary N) is 1. The summed E-state index contributed by atoms with van der Waals surface area (Å²) >= 11 is 6.01. The number of aromatic hydroxyl groups is 1. The third-order valence-corrected chi connectivity index (χ3v) is 4.94. The van der Waals surface area contributed by atoms with Crippen LogP contribution in [0.3, 0.4) is 0 Å². The summed E-state index contributed by atoms with van der Waals surface area (Å²) in [4.78, 5) is 27.2. The average Bonchev–Trinajstić information content (AvgIpc) is 2.61. The smallest absolute Gasteiger partial charge is 0.335 e. The number of H-pyrrole nitrogens is 1. The number of hydrogen-bond donors (Lipinski definition) is 3. The molecule has 0 saturated carbocycles. The summed E-state index contributed by atoms with van der Waals surface area (Å²) in [5.41, 5.74) is 1.37. The maximum atomic E-state index is 12.5. The maximum Gasteiger partial charge on any atom is 0.335 e. The molecule has 7 heteroatoms. The van der Waals surface area contributed by atoms with Crippen molar-refractivity contribution in [2.24, 2.45) is 0 Å². The molecule has 2 heterocycles. The first-order valence-corrected chi connectivity index (χ1v) is 8.69. The zero-order chi connectivity index (χ0) is 18.3. The van der Waals surface area contributed by atoms with Crippen LogP contribution in [0.15, 0.2) is 58.1 Å². The van der Waals surface area contributed by atoms with Crippen molar-refractivity contribution >= 4 is 11.6 Å². The van der Waals surface area contributed by atoms with E-state index in [2.05, 4.69) is 4.98 Å². The molecule has 0 radical (unpaired) electrons. The van der Waals surface area contributed by atoms with E-state index >= 15 is 0 Å². The van der Waals surface area contributed by atoms with Gasteiger partial charge in [0.1, 0.15) is 11.6 Å². The van der Waals surface area contributed by atoms with E-state index in [1.165, 1.54) is 0 Å². The second-order valence-corrected chi connectivity index (χ2v) is 6.70. The number of benzene rings is 2. The van der Waals surface area contributed by atoms with Crippen molar-refractivity contribution in [2.45, 2.75) is 12.5 Å². The zero-order valence-corrected chi connectivity index (χ0v) is 14.5. The van der Waals surface area contributed by atoms with E-state index in [9.17, 15) is 14.7 Å². The molecule has 132 valence electrons. The van der Waals surface area contributed by atoms with Gasteiger partial charge in [0.05, 0.1) is 12.2 Å². The Kier molecular flexibility index (Phi) is 4.14. The van der Waals surface area contributed by atoms with E-state index < -0.39 is 11.2 Å². The van der Waals surface area contributed by atoms with Crippen molar-refractivity contribution in [1.29, 1.82) is 0 Å². The predicted molar refractivity (Wildman–Crippen MR) is 98.1 cm³/mol. The Morgan fingerprint density at radius 2 is 1.96 bits per heavy atom. The van der Waals surface area contributed by atoms with Gasteiger partial charge in [-0.2, -0.15) is 0 Å². The summed E-state index contributed by atoms with van der Waals surface area (Å²) in [6.07, 6.45) is 0.888. The fraction of sp³-hybridized carbons (Fsp3) is 0.158. The molecule has 4 N–H and O–H groups in total. The first-order chi connectivity index (χ1) is 12.6. The predicted octanol–water partition coefficient (Wildman–Crippen LogP) is 1.09. The van der Waals surface area contributed by atoms with Crippen LogP contribution < -0.4 is 16.6 Å². The van der Waals surface area contributed by atoms with E-state index in [4.69, 9.17) is 11.6 Å². The summed E-state index contributed by atoms with van der Waals surface area (Å²) in [7, 11) is 0. The average molecular weight is 371 g/mol. The lowest BCUT2D eigenvalue weighted by Crippen LogP contribution is -2.87. The van der Waals surface area contributed by atoms with Crippen LogP contribution in [-0.2, 0) is 6.42 Å². The molecule has 0 fully saturated rings. The molecule has 6 nitrogen and oxygen atoms in total. The van der Waals surface area contributed by atoms with Crippen LogP contribution in [0.25, 0.3) is 5.69 Å². The lowest BCUT2D eigenvalue weighted by atomic mass is 9.90. The summed E-state index contributed by atoms with van der Waals surface area (Å²) < 4.78 is 1.08. The van der Waals surface area contributed by atoms with E-state index in [-0.39, 0.29) is 17.5 Å². The molecular formula is C19H17ClN3O3+. The molecule has 0 spiro atoms. The number of fused-ring (bicyclic) bond motifs is 1. The number of rotatable bonds is 2. The highest BCUT2D eigenvalue weighted by Gasteiger charge is 2.31. The van der Waals surface area contributed by atoms with Gasteiger partial charge in [0.2, 0.25) is 5.88 Å². The highest BCUT2D eigenvalue weighted by atomic mass is 35.5. The van der Waals surface area contributed by atoms with Gasteiger partial charge in [-0.25, -0.2) is 9.36 Å². The van der Waals surface area contributed by atoms with Crippen LogP contribution in [0.2, 0.25) is 5.02 Å². The Morgan fingerprint density at radius 1 is 1.15 bits per heavy atom. The fourth-order valence-electron chi connectivity index (χ4n) is 3.54. The molecule has 26 heavy (non-hydrogen) atoms. The number of quaternary nitrogens is 1. The Morgan fingerprint density at radius 3 is 2.77 bits per heavy atom. The summed E-state index contributed by atoms with van der Waals surface area (Å²) in [5, 5.41) is 13.3. The quantitative estimate of drug-likeness (QED) is 0.630. The normalized spacial score (nSPS) is 16.3. The molecule has 0 saturated heterocycles. The molecule has 1 aliphatic rings. The second kappa shape index (κ2) is 6.48. The lowest BCUT2D eigenvalue weighted by Gasteiger charge is -2.24. The molecule has 1 aliphatic heterocycles. The Balaban J connectivity index is 1.96. The first kappa shape index (κ1) is 16.6. The molecule has 0 aliphatic carbocycles. The third-order valence-electron chi connectivity index (χ3n) is 4.70. The Labute approximate surface area is 153 Å². The van der Waals surface area contributed by atoms with Crippen molar-refractivity contribution in [2.75, 3.05) is 6.54 Å². The number of hydrogen-bond acceptors (Lipinski definition) is 3. The van der Waals surface area contributed by atoms with Gasteiger partial charge in [-0.05, 0) is 23.8 Å². The summed E-state index contributed by atoms with van der Waals surface area (Å²) in [6, 6.07) is 14.0. The topological polar surface area (TPSA) is 91.7 Å². The number of nitrogens with one attached hydrogen (secondary N) is 1. The Hall–Kier alpha value is -2.83. The van der Waals surface area contributed by atoms with E-state index in [1.54, 1.807) is 24.3 Å². The molecule has 0 amide bonds. The number of nitrogens with zero attached hydrogens (tertiary/aromatic N) is 1. The minimum absolute atomic E-state index is 0.164. The largest absolute Gasteiger partial charge is 0.494 e. The van der Waals surface area contributed by atoms with Crippen LogP contribution >= 0.6 is 11.6 Å². The molecule has 2 aromatic carbocycles. The standard InChI is InChI=1S/C19H16ClN3O3/c20-12-5-3-6-13(10-12)23-18(25)15(17(24)22-19(23)26)16-14-7-2-1-4-11(14)8-9-21-16/h1-7,10,16,21,25H,8-9H2,(H,22,24,26)/p+1/t16-/m0/s1. The van der Waals surface area contributed by atoms with Crippen molar-refractivity contribution in [1.82, 2.24) is 9.55 Å². The molecule has 3 aromatic rings. The lowest BCUT2D eigenvalue weighted by molar-refractivity contribution is -0.690. The number of aromatic amines is 1. The number of aromatic nitrogens is 2. The number of halogens is 1. The fourth-order valence-corrected chi connectivity index (χ4v) is 3.73. The van der Waals surface area contributed by atoms with E-state index in [1.807, 2.05) is 29.6 Å². The maximum absolute atomic E-state index is 12.5. The van der Waals surface area contributed by atoms with Gasteiger partial charge in [0.25, 0.3) is 5.56 Å². The summed E-state index contributed by atoms with van der Waals surface area (Å²) in [6.45, 7) is 0.789. The van der Waals surface area contributed by atoms with Gasteiger partial charge in [0, 0.05) is 17.0 Å². The molecular weight excluding hydrogens is 354 g/mol. The third kappa shape index (κ3) is 2.73. The minimum atomic E-state index is -0.706. The van der Waals surface area contributed by atoms with Gasteiger partial charge in [-0.3, -0.25) is 9.78 Å². The molecule has 1 aromatic heterocycles. The van der Waals surface area contributed by atoms with Crippen LogP contribution in [0.5, 0.6) is 5.88 Å². The van der Waals surface area contributed by atoms with E-state index in [0.29, 0.717) is 10.7 Å². The molecule has 0 bridgehead atoms. The minimum Gasteiger partial charge on any atom is -0.494 e. The van der Waals surface area contributed by atoms with Gasteiger partial charge >= 0.3 is 5.69 Å². The van der Waals surface area contributed by atoms with Crippen LogP contribution in [0.1, 0.15) is 22.7 Å². The highest BCUT2D eigenvalue weighted by molar-refractivity contribution is 6.30. The first-order valence-electron chi connectivity index (χ1n) is 8.31. The molecule has 1 atom stereocenters. The van der Waals surface area contributed by atoms with E-state index in [0.717, 1.165) is 28.7 Å². The summed E-state index contributed by atoms with van der Waals surface area (Å²) in [5.74, 6) is -0.362. The SMILES string of the molecule is O=c1[nH]c(=O)n(-c2cccc(Cl)c2)c(O)c1[C@H]1[NH2+]CCc2ccccc21. The van der Waals surface area contributed by atoms with Gasteiger partial charge in [-0.1, -0.05) is 41.9 Å². The van der Waals surface area contributed by atoms with Crippen molar-refractivity contribution in [3.63, 3.8) is 0 Å². The van der Waals surface area contributed by atoms with Crippen LogP contribution in [0, 0.1) is 0 Å². The van der Waals surface area contributed by atoms with Crippen molar-refractivity contribution < 1.29 is 10.4 Å². The van der Waals surface area contributed by atoms with Gasteiger partial charge < -0.3 is 10.4 Å². The van der Waals surface area contributed by atoms with Gasteiger partial charge in [0.15, 0.2) is 0 Å².